The third kappa shape index (κ3) is 15.9. The van der Waals surface area contributed by atoms with Gasteiger partial charge in [0.2, 0.25) is 35.4 Å². The molecular weight excluding hydrogens is 941 g/mol. The first kappa shape index (κ1) is 54.1. The quantitative estimate of drug-likeness (QED) is 0.0467. The number of esters is 1. The highest BCUT2D eigenvalue weighted by atomic mass is 32.2. The highest BCUT2D eigenvalue weighted by Gasteiger charge is 2.50. The average molecular weight is 1010 g/mol. The molecule has 0 unspecified atom stereocenters. The second-order valence-electron chi connectivity index (χ2n) is 19.6. The summed E-state index contributed by atoms with van der Waals surface area (Å²) in [5.41, 5.74) is 2.90. The van der Waals surface area contributed by atoms with Gasteiger partial charge in [-0.3, -0.25) is 39.4 Å². The van der Waals surface area contributed by atoms with Gasteiger partial charge < -0.3 is 36.6 Å². The summed E-state index contributed by atoms with van der Waals surface area (Å²) < 4.78 is 4.03. The summed E-state index contributed by atoms with van der Waals surface area (Å²) in [6, 6.07) is 30.9. The number of rotatable bonds is 20. The zero-order valence-electron chi connectivity index (χ0n) is 41.3. The Hall–Kier alpha value is -6.21. The Morgan fingerprint density at radius 3 is 1.28 bits per heavy atom. The standard InChI is InChI=1S/C53H66N8O8S2/c1-51(2,3)69-50(68)37-25-23-36(24-26-37)32-57-45(65)41(59-39(63)30-34-19-13-9-14-20-34)49-61-43(53(6,7)71-49)47(67)55-28-27-54-46(66)42-52(4,5)70-48(60-42)40(44(64)56-31-35-21-15-10-16-22-35)58-38(62)29-33-17-11-8-12-18-33/h8-26,40-43,48-49,60-61H,27-32H2,1-7H3,(H,54,66)(H,55,67)(H,56,64)(H,57,65)(H,58,62)(H,59,63)/t40-,41-,42+,43+,48-,49-/m1/s1. The summed E-state index contributed by atoms with van der Waals surface area (Å²) in [4.78, 5) is 94.7. The van der Waals surface area contributed by atoms with Gasteiger partial charge in [-0.1, -0.05) is 103 Å². The molecule has 8 N–H and O–H groups in total. The molecule has 2 fully saturated rings. The van der Waals surface area contributed by atoms with E-state index in [9.17, 15) is 33.6 Å². The maximum Gasteiger partial charge on any atom is 0.338 e. The first-order valence-corrected chi connectivity index (χ1v) is 25.4. The Balaban J connectivity index is 1.05. The molecule has 2 heterocycles. The Morgan fingerprint density at radius 1 is 0.535 bits per heavy atom. The summed E-state index contributed by atoms with van der Waals surface area (Å²) in [7, 11) is 0. The Labute approximate surface area is 424 Å². The molecule has 6 atom stereocenters. The number of amides is 6. The molecule has 0 saturated carbocycles. The first-order chi connectivity index (χ1) is 33.7. The van der Waals surface area contributed by atoms with E-state index in [-0.39, 0.29) is 62.6 Å². The number of thioether (sulfide) groups is 2. The van der Waals surface area contributed by atoms with Crippen molar-refractivity contribution in [3.63, 3.8) is 0 Å². The fourth-order valence-electron chi connectivity index (χ4n) is 8.13. The normalized spacial score (nSPS) is 19.8. The third-order valence-corrected chi connectivity index (χ3v) is 14.8. The number of hydrogen-bond acceptors (Lipinski definition) is 12. The summed E-state index contributed by atoms with van der Waals surface area (Å²) in [5, 5.41) is 22.8. The van der Waals surface area contributed by atoms with Gasteiger partial charge in [0.05, 0.1) is 29.2 Å². The Bertz CT molecular complexity index is 2490. The van der Waals surface area contributed by atoms with E-state index in [0.717, 1.165) is 22.3 Å². The van der Waals surface area contributed by atoms with Crippen LogP contribution in [0.25, 0.3) is 0 Å². The molecule has 16 nitrogen and oxygen atoms in total. The van der Waals surface area contributed by atoms with Crippen molar-refractivity contribution in [3.05, 3.63) is 143 Å². The van der Waals surface area contributed by atoms with Crippen molar-refractivity contribution in [2.75, 3.05) is 13.1 Å². The number of nitrogens with one attached hydrogen (secondary N) is 8. The van der Waals surface area contributed by atoms with Crippen molar-refractivity contribution in [1.29, 1.82) is 0 Å². The van der Waals surface area contributed by atoms with Crippen LogP contribution in [0.4, 0.5) is 0 Å². The molecule has 2 saturated heterocycles. The molecule has 6 rings (SSSR count). The number of ether oxygens (including phenoxy) is 1. The lowest BCUT2D eigenvalue weighted by atomic mass is 10.0. The van der Waals surface area contributed by atoms with Gasteiger partial charge in [0, 0.05) is 35.7 Å². The molecule has 71 heavy (non-hydrogen) atoms. The first-order valence-electron chi connectivity index (χ1n) is 23.7. The minimum absolute atomic E-state index is 0.0378. The molecule has 2 aliphatic rings. The maximum absolute atomic E-state index is 14.0. The lowest BCUT2D eigenvalue weighted by Gasteiger charge is -2.25. The lowest BCUT2D eigenvalue weighted by Crippen LogP contribution is -2.58. The minimum Gasteiger partial charge on any atom is -0.456 e. The van der Waals surface area contributed by atoms with E-state index in [2.05, 4.69) is 42.5 Å². The van der Waals surface area contributed by atoms with Crippen LogP contribution in [0, 0.1) is 0 Å². The topological polar surface area (TPSA) is 225 Å². The second kappa shape index (κ2) is 24.3. The van der Waals surface area contributed by atoms with E-state index in [4.69, 9.17) is 4.74 Å². The van der Waals surface area contributed by atoms with Gasteiger partial charge in [-0.15, -0.1) is 23.5 Å². The van der Waals surface area contributed by atoms with Crippen LogP contribution in [0.2, 0.25) is 0 Å². The van der Waals surface area contributed by atoms with Crippen LogP contribution < -0.4 is 42.5 Å². The van der Waals surface area contributed by atoms with E-state index in [1.165, 1.54) is 23.5 Å². The molecule has 0 aliphatic carbocycles. The molecule has 18 heteroatoms. The van der Waals surface area contributed by atoms with E-state index in [1.54, 1.807) is 45.0 Å². The lowest BCUT2D eigenvalue weighted by molar-refractivity contribution is -0.129. The number of hydrogen-bond donors (Lipinski definition) is 8. The van der Waals surface area contributed by atoms with Crippen molar-refractivity contribution < 1.29 is 38.3 Å². The highest BCUT2D eigenvalue weighted by molar-refractivity contribution is 8.01. The van der Waals surface area contributed by atoms with Gasteiger partial charge in [-0.05, 0) is 82.9 Å². The molecular formula is C53H66N8O8S2. The third-order valence-electron chi connectivity index (χ3n) is 11.7. The van der Waals surface area contributed by atoms with E-state index in [1.807, 2.05) is 119 Å². The van der Waals surface area contributed by atoms with Crippen LogP contribution in [-0.2, 0) is 59.4 Å². The van der Waals surface area contributed by atoms with Gasteiger partial charge in [0.15, 0.2) is 0 Å². The predicted molar refractivity (Wildman–Crippen MR) is 277 cm³/mol. The van der Waals surface area contributed by atoms with Crippen LogP contribution >= 0.6 is 23.5 Å². The number of carbonyl (C=O) groups excluding carboxylic acids is 7. The fourth-order valence-corrected chi connectivity index (χ4v) is 11.1. The van der Waals surface area contributed by atoms with Gasteiger partial charge in [-0.25, -0.2) is 4.79 Å². The predicted octanol–water partition coefficient (Wildman–Crippen LogP) is 3.88. The molecule has 0 radical (unpaired) electrons. The average Bonchev–Trinajstić information content (AvgIpc) is 3.83. The minimum atomic E-state index is -1.08. The number of benzene rings is 4. The van der Waals surface area contributed by atoms with E-state index in [0.29, 0.717) is 5.56 Å². The maximum atomic E-state index is 14.0. The van der Waals surface area contributed by atoms with E-state index < -0.39 is 67.8 Å². The summed E-state index contributed by atoms with van der Waals surface area (Å²) in [5.74, 6) is -2.73. The largest absolute Gasteiger partial charge is 0.456 e. The van der Waals surface area contributed by atoms with Gasteiger partial charge in [0.1, 0.15) is 29.8 Å². The van der Waals surface area contributed by atoms with Crippen molar-refractivity contribution >= 4 is 64.9 Å². The van der Waals surface area contributed by atoms with Gasteiger partial charge in [-0.2, -0.15) is 0 Å². The monoisotopic (exact) mass is 1010 g/mol. The van der Waals surface area contributed by atoms with Crippen LogP contribution in [0.1, 0.15) is 81.1 Å². The van der Waals surface area contributed by atoms with Crippen molar-refractivity contribution in [3.8, 4) is 0 Å². The molecule has 378 valence electrons. The summed E-state index contributed by atoms with van der Waals surface area (Å²) >= 11 is 2.74. The molecule has 4 aromatic rings. The zero-order chi connectivity index (χ0) is 51.3. The summed E-state index contributed by atoms with van der Waals surface area (Å²) in [6.45, 7) is 13.5. The van der Waals surface area contributed by atoms with Gasteiger partial charge >= 0.3 is 5.97 Å². The SMILES string of the molecule is CC(C)(C)OC(=O)c1ccc(CNC(=O)[C@@H](NC(=O)Cc2ccccc2)[C@@H]2N[C@@H](C(=O)NCCNC(=O)[C@@H]3N[C@@H]([C@H](NC(=O)Cc4ccccc4)C(=O)NCc4ccccc4)SC3(C)C)C(C)(C)S2)cc1. The zero-order valence-corrected chi connectivity index (χ0v) is 42.9. The number of carbonyl (C=O) groups is 7. The van der Waals surface area contributed by atoms with Crippen LogP contribution in [0.3, 0.4) is 0 Å². The fraction of sp³-hybridized carbons (Fsp3) is 0.415. The highest BCUT2D eigenvalue weighted by Crippen LogP contribution is 2.40. The molecule has 0 aromatic heterocycles. The Morgan fingerprint density at radius 2 is 0.901 bits per heavy atom. The van der Waals surface area contributed by atoms with Crippen molar-refractivity contribution in [2.45, 2.75) is 124 Å². The molecule has 4 aromatic carbocycles. The van der Waals surface area contributed by atoms with Crippen LogP contribution in [-0.4, -0.2) is 105 Å². The van der Waals surface area contributed by atoms with Crippen molar-refractivity contribution in [1.82, 2.24) is 42.5 Å². The smallest absolute Gasteiger partial charge is 0.338 e. The molecule has 0 spiro atoms. The second-order valence-corrected chi connectivity index (χ2v) is 23.2. The summed E-state index contributed by atoms with van der Waals surface area (Å²) in [6.07, 6.45) is 0.111. The van der Waals surface area contributed by atoms with Crippen LogP contribution in [0.15, 0.2) is 115 Å². The molecule has 6 amide bonds. The van der Waals surface area contributed by atoms with Crippen molar-refractivity contribution in [2.24, 2.45) is 0 Å². The Kier molecular flexibility index (Phi) is 18.5. The van der Waals surface area contributed by atoms with Crippen LogP contribution in [0.5, 0.6) is 0 Å². The van der Waals surface area contributed by atoms with Gasteiger partial charge in [0.25, 0.3) is 0 Å². The van der Waals surface area contributed by atoms with E-state index >= 15 is 0 Å². The molecule has 2 aliphatic heterocycles. The molecule has 0 bridgehead atoms.